The number of rotatable bonds is 4. The first kappa shape index (κ1) is 16.7. The van der Waals surface area contributed by atoms with E-state index in [0.29, 0.717) is 31.5 Å². The third kappa shape index (κ3) is 4.92. The van der Waals surface area contributed by atoms with Crippen LogP contribution in [0, 0.1) is 17.1 Å². The lowest BCUT2D eigenvalue weighted by Gasteiger charge is -2.31. The lowest BCUT2D eigenvalue weighted by atomic mass is 10.0. The van der Waals surface area contributed by atoms with Gasteiger partial charge in [0.15, 0.2) is 0 Å². The van der Waals surface area contributed by atoms with Crippen molar-refractivity contribution in [2.24, 2.45) is 0 Å². The van der Waals surface area contributed by atoms with E-state index in [4.69, 9.17) is 5.26 Å². The molecule has 0 radical (unpaired) electrons. The molecule has 0 bridgehead atoms. The van der Waals surface area contributed by atoms with E-state index in [0.717, 1.165) is 0 Å². The second kappa shape index (κ2) is 8.08. The minimum absolute atomic E-state index is 0.0149. The topological polar surface area (TPSA) is 73.2 Å². The monoisotopic (exact) mass is 315 g/mol. The number of piperidine rings is 1. The minimum atomic E-state index is -0.374. The lowest BCUT2D eigenvalue weighted by Crippen LogP contribution is -2.46. The zero-order valence-electron chi connectivity index (χ0n) is 12.7. The lowest BCUT2D eigenvalue weighted by molar-refractivity contribution is -0.131. The van der Waals surface area contributed by atoms with E-state index in [-0.39, 0.29) is 30.1 Å². The van der Waals surface area contributed by atoms with Gasteiger partial charge in [-0.25, -0.2) is 4.39 Å². The van der Waals surface area contributed by atoms with Gasteiger partial charge in [-0.2, -0.15) is 5.26 Å². The summed E-state index contributed by atoms with van der Waals surface area (Å²) in [5, 5.41) is 11.4. The zero-order chi connectivity index (χ0) is 16.7. The Kier molecular flexibility index (Phi) is 5.87. The van der Waals surface area contributed by atoms with Gasteiger partial charge in [0.25, 0.3) is 0 Å². The number of carbonyl (C=O) groups excluding carboxylic acids is 2. The maximum atomic E-state index is 13.4. The van der Waals surface area contributed by atoms with Crippen LogP contribution < -0.4 is 5.32 Å². The molecule has 6 heteroatoms. The molecule has 0 aromatic heterocycles. The molecule has 1 fully saturated rings. The van der Waals surface area contributed by atoms with Crippen molar-refractivity contribution < 1.29 is 14.0 Å². The van der Waals surface area contributed by atoms with E-state index < -0.39 is 0 Å². The Labute approximate surface area is 134 Å². The Hall–Kier alpha value is -2.68. The average Bonchev–Trinajstić information content (AvgIpc) is 2.55. The molecule has 0 saturated carbocycles. The standard InChI is InChI=1S/C17H18FN3O2/c18-15-4-2-1-3-13(15)5-6-16(22)20-14-8-11-21(12-9-14)17(23)7-10-19/h1-6,14H,7-9,11-12H2,(H,20,22)/b6-5+. The highest BCUT2D eigenvalue weighted by atomic mass is 19.1. The molecule has 0 unspecified atom stereocenters. The molecule has 2 rings (SSSR count). The summed E-state index contributed by atoms with van der Waals surface area (Å²) >= 11 is 0. The van der Waals surface area contributed by atoms with Crippen molar-refractivity contribution in [1.29, 1.82) is 5.26 Å². The van der Waals surface area contributed by atoms with Gasteiger partial charge < -0.3 is 10.2 Å². The molecule has 1 aromatic carbocycles. The predicted molar refractivity (Wildman–Crippen MR) is 83.4 cm³/mol. The molecule has 0 aliphatic carbocycles. The highest BCUT2D eigenvalue weighted by Crippen LogP contribution is 2.12. The van der Waals surface area contributed by atoms with Crippen molar-refractivity contribution in [3.63, 3.8) is 0 Å². The van der Waals surface area contributed by atoms with Crippen molar-refractivity contribution in [2.75, 3.05) is 13.1 Å². The average molecular weight is 315 g/mol. The van der Waals surface area contributed by atoms with Gasteiger partial charge in [0.1, 0.15) is 12.2 Å². The van der Waals surface area contributed by atoms with Crippen LogP contribution in [-0.4, -0.2) is 35.8 Å². The molecule has 1 aliphatic rings. The second-order valence-corrected chi connectivity index (χ2v) is 5.35. The molecule has 0 atom stereocenters. The molecule has 23 heavy (non-hydrogen) atoms. The summed E-state index contributed by atoms with van der Waals surface area (Å²) in [6.07, 6.45) is 3.94. The van der Waals surface area contributed by atoms with Crippen LogP contribution in [0.2, 0.25) is 0 Å². The Morgan fingerprint density at radius 1 is 1.35 bits per heavy atom. The highest BCUT2D eigenvalue weighted by molar-refractivity contribution is 5.92. The molecule has 120 valence electrons. The summed E-state index contributed by atoms with van der Waals surface area (Å²) in [5.41, 5.74) is 0.361. The number of hydrogen-bond donors (Lipinski definition) is 1. The number of likely N-dealkylation sites (tertiary alicyclic amines) is 1. The van der Waals surface area contributed by atoms with Gasteiger partial charge in [0.05, 0.1) is 6.07 Å². The number of nitriles is 1. The number of carbonyl (C=O) groups is 2. The number of hydrogen-bond acceptors (Lipinski definition) is 3. The molecule has 1 heterocycles. The van der Waals surface area contributed by atoms with E-state index in [2.05, 4.69) is 5.32 Å². The number of benzene rings is 1. The molecule has 0 spiro atoms. The van der Waals surface area contributed by atoms with Crippen molar-refractivity contribution >= 4 is 17.9 Å². The predicted octanol–water partition coefficient (Wildman–Crippen LogP) is 1.86. The van der Waals surface area contributed by atoms with Gasteiger partial charge in [-0.05, 0) is 25.0 Å². The van der Waals surface area contributed by atoms with Gasteiger partial charge in [0, 0.05) is 30.8 Å². The fourth-order valence-electron chi connectivity index (χ4n) is 2.48. The minimum Gasteiger partial charge on any atom is -0.350 e. The Morgan fingerprint density at radius 3 is 2.70 bits per heavy atom. The van der Waals surface area contributed by atoms with Gasteiger partial charge in [0.2, 0.25) is 11.8 Å². The first-order valence-electron chi connectivity index (χ1n) is 7.48. The smallest absolute Gasteiger partial charge is 0.244 e. The maximum absolute atomic E-state index is 13.4. The first-order valence-corrected chi connectivity index (χ1v) is 7.48. The van der Waals surface area contributed by atoms with E-state index in [9.17, 15) is 14.0 Å². The van der Waals surface area contributed by atoms with Crippen LogP contribution in [0.1, 0.15) is 24.8 Å². The van der Waals surface area contributed by atoms with E-state index in [1.807, 2.05) is 6.07 Å². The van der Waals surface area contributed by atoms with Gasteiger partial charge >= 0.3 is 0 Å². The van der Waals surface area contributed by atoms with Crippen molar-refractivity contribution in [2.45, 2.75) is 25.3 Å². The molecule has 1 saturated heterocycles. The van der Waals surface area contributed by atoms with Crippen LogP contribution in [0.15, 0.2) is 30.3 Å². The Balaban J connectivity index is 1.80. The Morgan fingerprint density at radius 2 is 2.04 bits per heavy atom. The van der Waals surface area contributed by atoms with Gasteiger partial charge in [-0.1, -0.05) is 18.2 Å². The molecule has 2 amide bonds. The first-order chi connectivity index (χ1) is 11.1. The second-order valence-electron chi connectivity index (χ2n) is 5.35. The highest BCUT2D eigenvalue weighted by Gasteiger charge is 2.22. The molecule has 1 aromatic rings. The largest absolute Gasteiger partial charge is 0.350 e. The van der Waals surface area contributed by atoms with Crippen LogP contribution in [0.4, 0.5) is 4.39 Å². The molecular weight excluding hydrogens is 297 g/mol. The molecule has 1 N–H and O–H groups in total. The van der Waals surface area contributed by atoms with Crippen molar-refractivity contribution in [3.8, 4) is 6.07 Å². The third-order valence-corrected chi connectivity index (χ3v) is 3.74. The fraction of sp³-hybridized carbons (Fsp3) is 0.353. The van der Waals surface area contributed by atoms with Crippen LogP contribution in [0.5, 0.6) is 0 Å². The molecule has 5 nitrogen and oxygen atoms in total. The Bertz CT molecular complexity index is 643. The van der Waals surface area contributed by atoms with Crippen LogP contribution in [0.25, 0.3) is 6.08 Å². The zero-order valence-corrected chi connectivity index (χ0v) is 12.7. The maximum Gasteiger partial charge on any atom is 0.244 e. The van der Waals surface area contributed by atoms with Crippen LogP contribution in [0.3, 0.4) is 0 Å². The number of amides is 2. The number of nitrogens with one attached hydrogen (secondary N) is 1. The summed E-state index contributed by atoms with van der Waals surface area (Å²) in [5.74, 6) is -0.826. The normalized spacial score (nSPS) is 15.4. The summed E-state index contributed by atoms with van der Waals surface area (Å²) in [6, 6.07) is 8.06. The summed E-state index contributed by atoms with van der Waals surface area (Å²) < 4.78 is 13.4. The number of halogens is 1. The van der Waals surface area contributed by atoms with Crippen molar-refractivity contribution in [1.82, 2.24) is 10.2 Å². The fourth-order valence-corrected chi connectivity index (χ4v) is 2.48. The van der Waals surface area contributed by atoms with Gasteiger partial charge in [-0.3, -0.25) is 9.59 Å². The molecule has 1 aliphatic heterocycles. The SMILES string of the molecule is N#CCC(=O)N1CCC(NC(=O)/C=C/c2ccccc2F)CC1. The summed E-state index contributed by atoms with van der Waals surface area (Å²) in [4.78, 5) is 25.1. The third-order valence-electron chi connectivity index (χ3n) is 3.74. The van der Waals surface area contributed by atoms with E-state index in [1.54, 1.807) is 23.1 Å². The number of nitrogens with zero attached hydrogens (tertiary/aromatic N) is 2. The quantitative estimate of drug-likeness (QED) is 0.862. The van der Waals surface area contributed by atoms with E-state index >= 15 is 0 Å². The summed E-state index contributed by atoms with van der Waals surface area (Å²) in [7, 11) is 0. The molecular formula is C17H18FN3O2. The summed E-state index contributed by atoms with van der Waals surface area (Å²) in [6.45, 7) is 1.06. The van der Waals surface area contributed by atoms with E-state index in [1.165, 1.54) is 18.2 Å². The van der Waals surface area contributed by atoms with Crippen molar-refractivity contribution in [3.05, 3.63) is 41.7 Å². The van der Waals surface area contributed by atoms with Gasteiger partial charge in [-0.15, -0.1) is 0 Å². The van der Waals surface area contributed by atoms with Crippen LogP contribution in [-0.2, 0) is 9.59 Å². The van der Waals surface area contributed by atoms with Crippen LogP contribution >= 0.6 is 0 Å².